The molecule has 0 aliphatic rings. The lowest BCUT2D eigenvalue weighted by molar-refractivity contribution is -0.117. The van der Waals surface area contributed by atoms with Gasteiger partial charge < -0.3 is 10.6 Å². The Labute approximate surface area is 223 Å². The number of nitrogens with one attached hydrogen (secondary N) is 2. The second kappa shape index (κ2) is 11.8. The summed E-state index contributed by atoms with van der Waals surface area (Å²) in [6, 6.07) is 46.1. The zero-order valence-corrected chi connectivity index (χ0v) is 20.8. The second-order valence-electron chi connectivity index (χ2n) is 9.03. The molecular formula is C34H28N2O2. The summed E-state index contributed by atoms with van der Waals surface area (Å²) in [5.74, 6) is -1.34. The second-order valence-corrected chi connectivity index (χ2v) is 9.03. The first-order chi connectivity index (χ1) is 18.7. The SMILES string of the molecule is O=C(Nc1ccccc1NC(=O)C(c1ccccc1)c1ccccc1)C(c1ccccc1)c1ccccc1. The largest absolute Gasteiger partial charge is 0.323 e. The summed E-state index contributed by atoms with van der Waals surface area (Å²) in [5.41, 5.74) is 4.67. The molecule has 4 heteroatoms. The molecule has 0 saturated carbocycles. The van der Waals surface area contributed by atoms with E-state index < -0.39 is 11.8 Å². The van der Waals surface area contributed by atoms with Crippen LogP contribution in [0.2, 0.25) is 0 Å². The minimum absolute atomic E-state index is 0.174. The number of anilines is 2. The lowest BCUT2D eigenvalue weighted by Crippen LogP contribution is -2.25. The molecule has 0 bridgehead atoms. The van der Waals surface area contributed by atoms with Gasteiger partial charge >= 0.3 is 0 Å². The van der Waals surface area contributed by atoms with E-state index in [2.05, 4.69) is 10.6 Å². The van der Waals surface area contributed by atoms with Gasteiger partial charge in [-0.3, -0.25) is 9.59 Å². The third-order valence-corrected chi connectivity index (χ3v) is 6.50. The number of benzene rings is 5. The number of hydrogen-bond acceptors (Lipinski definition) is 2. The number of para-hydroxylation sites is 2. The molecule has 0 heterocycles. The van der Waals surface area contributed by atoms with Crippen LogP contribution in [0.25, 0.3) is 0 Å². The molecule has 5 rings (SSSR count). The molecule has 0 atom stereocenters. The van der Waals surface area contributed by atoms with Gasteiger partial charge in [-0.25, -0.2) is 0 Å². The summed E-state index contributed by atoms with van der Waals surface area (Å²) in [5, 5.41) is 6.16. The topological polar surface area (TPSA) is 58.2 Å². The average Bonchev–Trinajstić information content (AvgIpc) is 2.97. The highest BCUT2D eigenvalue weighted by Gasteiger charge is 2.26. The number of hydrogen-bond donors (Lipinski definition) is 2. The van der Waals surface area contributed by atoms with Crippen LogP contribution < -0.4 is 10.6 Å². The smallest absolute Gasteiger partial charge is 0.236 e. The molecular weight excluding hydrogens is 468 g/mol. The first-order valence-corrected chi connectivity index (χ1v) is 12.6. The standard InChI is InChI=1S/C34H28N2O2/c37-33(31(25-15-5-1-6-16-25)26-17-7-2-8-18-26)35-29-23-13-14-24-30(29)36-34(38)32(27-19-9-3-10-20-27)28-21-11-4-12-22-28/h1-24,31-32H,(H,35,37)(H,36,38). The molecule has 5 aromatic carbocycles. The van der Waals surface area contributed by atoms with Crippen LogP contribution in [0.5, 0.6) is 0 Å². The first-order valence-electron chi connectivity index (χ1n) is 12.6. The van der Waals surface area contributed by atoms with Crippen LogP contribution in [0.4, 0.5) is 11.4 Å². The van der Waals surface area contributed by atoms with Crippen molar-refractivity contribution in [1.29, 1.82) is 0 Å². The van der Waals surface area contributed by atoms with Gasteiger partial charge in [0.05, 0.1) is 23.2 Å². The Bertz CT molecular complexity index is 1290. The van der Waals surface area contributed by atoms with E-state index >= 15 is 0 Å². The summed E-state index contributed by atoms with van der Waals surface area (Å²) in [6.07, 6.45) is 0. The van der Waals surface area contributed by atoms with Crippen molar-refractivity contribution < 1.29 is 9.59 Å². The van der Waals surface area contributed by atoms with E-state index in [0.717, 1.165) is 22.3 Å². The average molecular weight is 497 g/mol. The van der Waals surface area contributed by atoms with Crippen LogP contribution >= 0.6 is 0 Å². The van der Waals surface area contributed by atoms with Gasteiger partial charge in [-0.05, 0) is 34.4 Å². The molecule has 0 radical (unpaired) electrons. The van der Waals surface area contributed by atoms with Gasteiger partial charge in [0.1, 0.15) is 0 Å². The molecule has 0 unspecified atom stereocenters. The summed E-state index contributed by atoms with van der Waals surface area (Å²) >= 11 is 0. The minimum Gasteiger partial charge on any atom is -0.323 e. The maximum atomic E-state index is 13.7. The van der Waals surface area contributed by atoms with E-state index in [0.29, 0.717) is 11.4 Å². The van der Waals surface area contributed by atoms with E-state index in [4.69, 9.17) is 0 Å². The quantitative estimate of drug-likeness (QED) is 0.238. The monoisotopic (exact) mass is 496 g/mol. The van der Waals surface area contributed by atoms with Crippen molar-refractivity contribution in [3.63, 3.8) is 0 Å². The number of carbonyl (C=O) groups is 2. The molecule has 2 N–H and O–H groups in total. The molecule has 0 saturated heterocycles. The zero-order valence-electron chi connectivity index (χ0n) is 20.8. The van der Waals surface area contributed by atoms with Gasteiger partial charge in [0.2, 0.25) is 11.8 Å². The van der Waals surface area contributed by atoms with Crippen molar-refractivity contribution >= 4 is 23.2 Å². The van der Waals surface area contributed by atoms with Crippen molar-refractivity contribution in [2.24, 2.45) is 0 Å². The van der Waals surface area contributed by atoms with Gasteiger partial charge in [0.25, 0.3) is 0 Å². The molecule has 0 aliphatic carbocycles. The molecule has 38 heavy (non-hydrogen) atoms. The molecule has 0 spiro atoms. The van der Waals surface area contributed by atoms with E-state index in [1.165, 1.54) is 0 Å². The highest BCUT2D eigenvalue weighted by molar-refractivity contribution is 6.05. The van der Waals surface area contributed by atoms with Crippen LogP contribution in [0.1, 0.15) is 34.1 Å². The molecule has 0 aromatic heterocycles. The van der Waals surface area contributed by atoms with Crippen molar-refractivity contribution in [2.75, 3.05) is 10.6 Å². The summed E-state index contributed by atoms with van der Waals surface area (Å²) < 4.78 is 0. The molecule has 0 aliphatic heterocycles. The van der Waals surface area contributed by atoms with E-state index in [9.17, 15) is 9.59 Å². The van der Waals surface area contributed by atoms with E-state index in [1.54, 1.807) is 12.1 Å². The van der Waals surface area contributed by atoms with Crippen LogP contribution in [0.3, 0.4) is 0 Å². The van der Waals surface area contributed by atoms with Crippen LogP contribution in [-0.4, -0.2) is 11.8 Å². The predicted octanol–water partition coefficient (Wildman–Crippen LogP) is 7.23. The van der Waals surface area contributed by atoms with Crippen LogP contribution in [0, 0.1) is 0 Å². The van der Waals surface area contributed by atoms with E-state index in [1.807, 2.05) is 133 Å². The highest BCUT2D eigenvalue weighted by atomic mass is 16.2. The predicted molar refractivity (Wildman–Crippen MR) is 153 cm³/mol. The number of carbonyl (C=O) groups excluding carboxylic acids is 2. The fraction of sp³-hybridized carbons (Fsp3) is 0.0588. The van der Waals surface area contributed by atoms with Crippen molar-refractivity contribution in [1.82, 2.24) is 0 Å². The van der Waals surface area contributed by atoms with Crippen molar-refractivity contribution in [2.45, 2.75) is 11.8 Å². The maximum Gasteiger partial charge on any atom is 0.236 e. The van der Waals surface area contributed by atoms with Gasteiger partial charge in [-0.1, -0.05) is 133 Å². The van der Waals surface area contributed by atoms with Crippen LogP contribution in [0.15, 0.2) is 146 Å². The van der Waals surface area contributed by atoms with Gasteiger partial charge in [0.15, 0.2) is 0 Å². The Balaban J connectivity index is 1.43. The Morgan fingerprint density at radius 1 is 0.368 bits per heavy atom. The minimum atomic E-state index is -0.498. The Kier molecular flexibility index (Phi) is 7.71. The molecule has 0 fully saturated rings. The maximum absolute atomic E-state index is 13.7. The lowest BCUT2D eigenvalue weighted by Gasteiger charge is -2.21. The molecule has 186 valence electrons. The van der Waals surface area contributed by atoms with Gasteiger partial charge in [-0.15, -0.1) is 0 Å². The lowest BCUT2D eigenvalue weighted by atomic mass is 9.90. The molecule has 4 nitrogen and oxygen atoms in total. The number of amides is 2. The fourth-order valence-corrected chi connectivity index (χ4v) is 4.68. The molecule has 5 aromatic rings. The summed E-state index contributed by atoms with van der Waals surface area (Å²) in [6.45, 7) is 0. The Morgan fingerprint density at radius 3 is 0.868 bits per heavy atom. The third kappa shape index (κ3) is 5.71. The normalized spacial score (nSPS) is 10.8. The highest BCUT2D eigenvalue weighted by Crippen LogP contribution is 2.31. The fourth-order valence-electron chi connectivity index (χ4n) is 4.68. The Hall–Kier alpha value is -4.96. The van der Waals surface area contributed by atoms with Crippen LogP contribution in [-0.2, 0) is 9.59 Å². The summed E-state index contributed by atoms with van der Waals surface area (Å²) in [7, 11) is 0. The van der Waals surface area contributed by atoms with Gasteiger partial charge in [0, 0.05) is 0 Å². The van der Waals surface area contributed by atoms with Gasteiger partial charge in [-0.2, -0.15) is 0 Å². The summed E-state index contributed by atoms with van der Waals surface area (Å²) in [4.78, 5) is 27.4. The Morgan fingerprint density at radius 2 is 0.605 bits per heavy atom. The van der Waals surface area contributed by atoms with E-state index in [-0.39, 0.29) is 11.8 Å². The van der Waals surface area contributed by atoms with Crippen molar-refractivity contribution in [3.05, 3.63) is 168 Å². The molecule has 2 amide bonds. The first kappa shape index (κ1) is 24.7. The van der Waals surface area contributed by atoms with Crippen molar-refractivity contribution in [3.8, 4) is 0 Å². The third-order valence-electron chi connectivity index (χ3n) is 6.50. The number of rotatable bonds is 8. The zero-order chi connectivity index (χ0) is 26.2.